The highest BCUT2D eigenvalue weighted by molar-refractivity contribution is 7.92. The highest BCUT2D eigenvalue weighted by Crippen LogP contribution is 2.17. The molecule has 2 heterocycles. The van der Waals surface area contributed by atoms with Crippen molar-refractivity contribution in [3.05, 3.63) is 84.9 Å². The first-order valence-electron chi connectivity index (χ1n) is 10.0. The van der Waals surface area contributed by atoms with E-state index in [0.717, 1.165) is 11.3 Å². The number of benzene rings is 2. The van der Waals surface area contributed by atoms with Gasteiger partial charge in [0.2, 0.25) is 5.95 Å². The second-order valence-electron chi connectivity index (χ2n) is 7.06. The van der Waals surface area contributed by atoms with Crippen LogP contribution in [0, 0.1) is 0 Å². The maximum Gasteiger partial charge on any atom is 0.264 e. The molecule has 0 amide bonds. The van der Waals surface area contributed by atoms with Crippen LogP contribution in [0.15, 0.2) is 84.3 Å². The molecule has 174 valence electrons. The van der Waals surface area contributed by atoms with Crippen molar-refractivity contribution in [2.24, 2.45) is 0 Å². The third-order valence-electron chi connectivity index (χ3n) is 4.58. The molecule has 0 aliphatic heterocycles. The Morgan fingerprint density at radius 1 is 1.03 bits per heavy atom. The first kappa shape index (κ1) is 23.1. The molecule has 0 bridgehead atoms. The van der Waals surface area contributed by atoms with Gasteiger partial charge in [-0.2, -0.15) is 5.10 Å². The maximum absolute atomic E-state index is 12.5. The van der Waals surface area contributed by atoms with Gasteiger partial charge in [0.25, 0.3) is 10.0 Å². The van der Waals surface area contributed by atoms with E-state index in [4.69, 9.17) is 17.0 Å². The first-order chi connectivity index (χ1) is 16.4. The smallest absolute Gasteiger partial charge is 0.264 e. The SMILES string of the molecule is COc1cccc(Cn2cc(NC(=S)Nc3ccc(S(=O)(=O)Nc4ncccn4)cc3)cn2)c1. The van der Waals surface area contributed by atoms with Gasteiger partial charge in [0.05, 0.1) is 30.4 Å². The molecule has 12 heteroatoms. The largest absolute Gasteiger partial charge is 0.497 e. The molecule has 0 unspecified atom stereocenters. The van der Waals surface area contributed by atoms with Crippen LogP contribution in [-0.2, 0) is 16.6 Å². The third-order valence-corrected chi connectivity index (χ3v) is 6.13. The second-order valence-corrected chi connectivity index (χ2v) is 9.15. The van der Waals surface area contributed by atoms with E-state index in [1.807, 2.05) is 30.5 Å². The quantitative estimate of drug-likeness (QED) is 0.316. The van der Waals surface area contributed by atoms with Crippen molar-refractivity contribution < 1.29 is 13.2 Å². The number of hydrogen-bond donors (Lipinski definition) is 3. The summed E-state index contributed by atoms with van der Waals surface area (Å²) in [6.45, 7) is 0.580. The molecule has 34 heavy (non-hydrogen) atoms. The predicted molar refractivity (Wildman–Crippen MR) is 133 cm³/mol. The number of sulfonamides is 1. The van der Waals surface area contributed by atoms with Crippen LogP contribution in [0.3, 0.4) is 0 Å². The van der Waals surface area contributed by atoms with Gasteiger partial charge < -0.3 is 15.4 Å². The molecule has 2 aromatic carbocycles. The summed E-state index contributed by atoms with van der Waals surface area (Å²) in [5.74, 6) is 0.790. The summed E-state index contributed by atoms with van der Waals surface area (Å²) < 4.78 is 34.3. The fourth-order valence-electron chi connectivity index (χ4n) is 3.01. The zero-order valence-corrected chi connectivity index (χ0v) is 19.7. The number of hydrogen-bond acceptors (Lipinski definition) is 7. The lowest BCUT2D eigenvalue weighted by atomic mass is 10.2. The summed E-state index contributed by atoms with van der Waals surface area (Å²) in [6.07, 6.45) is 6.41. The summed E-state index contributed by atoms with van der Waals surface area (Å²) >= 11 is 5.36. The lowest BCUT2D eigenvalue weighted by molar-refractivity contribution is 0.414. The number of rotatable bonds is 8. The molecule has 0 radical (unpaired) electrons. The Hall–Kier alpha value is -4.03. The molecule has 2 aromatic heterocycles. The van der Waals surface area contributed by atoms with E-state index in [-0.39, 0.29) is 10.8 Å². The Kier molecular flexibility index (Phi) is 6.99. The summed E-state index contributed by atoms with van der Waals surface area (Å²) in [7, 11) is -2.17. The number of anilines is 3. The number of ether oxygens (including phenoxy) is 1. The van der Waals surface area contributed by atoms with Crippen LogP contribution in [0.5, 0.6) is 5.75 Å². The Labute approximate surface area is 202 Å². The molecule has 3 N–H and O–H groups in total. The zero-order valence-electron chi connectivity index (χ0n) is 18.0. The number of thiocarbonyl (C=S) groups is 1. The monoisotopic (exact) mass is 495 g/mol. The van der Waals surface area contributed by atoms with Crippen LogP contribution < -0.4 is 20.1 Å². The zero-order chi connectivity index (χ0) is 24.0. The molecular formula is C22H21N7O3S2. The predicted octanol–water partition coefficient (Wildman–Crippen LogP) is 3.34. The summed E-state index contributed by atoms with van der Waals surface area (Å²) in [4.78, 5) is 7.81. The molecule has 10 nitrogen and oxygen atoms in total. The average Bonchev–Trinajstić information content (AvgIpc) is 3.26. The van der Waals surface area contributed by atoms with Gasteiger partial charge in [0.15, 0.2) is 5.11 Å². The van der Waals surface area contributed by atoms with Gasteiger partial charge in [-0.05, 0) is 60.2 Å². The van der Waals surface area contributed by atoms with E-state index in [0.29, 0.717) is 23.0 Å². The fourth-order valence-corrected chi connectivity index (χ4v) is 4.21. The highest BCUT2D eigenvalue weighted by atomic mass is 32.2. The minimum atomic E-state index is -3.80. The molecule has 0 aliphatic rings. The normalized spacial score (nSPS) is 11.0. The van der Waals surface area contributed by atoms with Crippen molar-refractivity contribution in [1.82, 2.24) is 19.7 Å². The van der Waals surface area contributed by atoms with E-state index < -0.39 is 10.0 Å². The molecule has 4 aromatic rings. The second kappa shape index (κ2) is 10.3. The maximum atomic E-state index is 12.5. The first-order valence-corrected chi connectivity index (χ1v) is 11.9. The van der Waals surface area contributed by atoms with Crippen LogP contribution >= 0.6 is 12.2 Å². The molecule has 0 atom stereocenters. The van der Waals surface area contributed by atoms with Crippen molar-refractivity contribution in [2.75, 3.05) is 22.5 Å². The average molecular weight is 496 g/mol. The highest BCUT2D eigenvalue weighted by Gasteiger charge is 2.15. The number of nitrogens with one attached hydrogen (secondary N) is 3. The molecule has 0 aliphatic carbocycles. The lowest BCUT2D eigenvalue weighted by Crippen LogP contribution is -2.19. The minimum absolute atomic E-state index is 0.00188. The summed E-state index contributed by atoms with van der Waals surface area (Å²) in [5.41, 5.74) is 2.39. The molecule has 0 fully saturated rings. The van der Waals surface area contributed by atoms with Crippen molar-refractivity contribution >= 4 is 44.7 Å². The molecule has 0 spiro atoms. The Balaban J connectivity index is 1.33. The van der Waals surface area contributed by atoms with Gasteiger partial charge >= 0.3 is 0 Å². The molecule has 0 saturated heterocycles. The van der Waals surface area contributed by atoms with Gasteiger partial charge in [0.1, 0.15) is 5.75 Å². The van der Waals surface area contributed by atoms with E-state index >= 15 is 0 Å². The number of methoxy groups -OCH3 is 1. The summed E-state index contributed by atoms with van der Waals surface area (Å²) in [5, 5.41) is 10.8. The van der Waals surface area contributed by atoms with Crippen molar-refractivity contribution in [3.8, 4) is 5.75 Å². The van der Waals surface area contributed by atoms with E-state index in [1.165, 1.54) is 24.5 Å². The third kappa shape index (κ3) is 6.05. The van der Waals surface area contributed by atoms with Gasteiger partial charge in [-0.1, -0.05) is 12.1 Å². The van der Waals surface area contributed by atoms with E-state index in [9.17, 15) is 8.42 Å². The van der Waals surface area contributed by atoms with Crippen molar-refractivity contribution in [3.63, 3.8) is 0 Å². The van der Waals surface area contributed by atoms with Crippen molar-refractivity contribution in [2.45, 2.75) is 11.4 Å². The number of nitrogens with zero attached hydrogens (tertiary/aromatic N) is 4. The Bertz CT molecular complexity index is 1380. The van der Waals surface area contributed by atoms with E-state index in [1.54, 1.807) is 36.2 Å². The van der Waals surface area contributed by atoms with Crippen LogP contribution in [0.4, 0.5) is 17.3 Å². The minimum Gasteiger partial charge on any atom is -0.497 e. The van der Waals surface area contributed by atoms with Gasteiger partial charge in [-0.3, -0.25) is 4.68 Å². The fraction of sp³-hybridized carbons (Fsp3) is 0.0909. The Morgan fingerprint density at radius 2 is 1.76 bits per heavy atom. The molecular weight excluding hydrogens is 474 g/mol. The molecule has 0 saturated carbocycles. The van der Waals surface area contributed by atoms with Crippen LogP contribution in [0.2, 0.25) is 0 Å². The van der Waals surface area contributed by atoms with E-state index in [2.05, 4.69) is 30.4 Å². The van der Waals surface area contributed by atoms with Gasteiger partial charge in [-0.15, -0.1) is 0 Å². The van der Waals surface area contributed by atoms with Crippen LogP contribution in [-0.4, -0.2) is 40.4 Å². The van der Waals surface area contributed by atoms with Crippen LogP contribution in [0.1, 0.15) is 5.56 Å². The Morgan fingerprint density at radius 3 is 2.50 bits per heavy atom. The number of aromatic nitrogens is 4. The standard InChI is InChI=1S/C22H21N7O3S2/c1-32-19-5-2-4-16(12-19)14-29-15-18(13-25-29)27-22(33)26-17-6-8-20(9-7-17)34(30,31)28-21-23-10-3-11-24-21/h2-13,15H,14H2,1H3,(H,23,24,28)(H2,26,27,33). The van der Waals surface area contributed by atoms with Gasteiger partial charge in [-0.25, -0.2) is 23.1 Å². The molecule has 4 rings (SSSR count). The topological polar surface area (TPSA) is 123 Å². The van der Waals surface area contributed by atoms with Crippen molar-refractivity contribution in [1.29, 1.82) is 0 Å². The van der Waals surface area contributed by atoms with Gasteiger partial charge in [0, 0.05) is 24.3 Å². The summed E-state index contributed by atoms with van der Waals surface area (Å²) in [6, 6.07) is 15.5. The van der Waals surface area contributed by atoms with Crippen LogP contribution in [0.25, 0.3) is 0 Å². The lowest BCUT2D eigenvalue weighted by Gasteiger charge is -2.10.